The second-order valence-corrected chi connectivity index (χ2v) is 7.83. The molecule has 0 aliphatic heterocycles. The van der Waals surface area contributed by atoms with Crippen LogP contribution < -0.4 is 9.64 Å². The molecule has 0 N–H and O–H groups in total. The Bertz CT molecular complexity index is 1040. The molecule has 0 atom stereocenters. The molecule has 0 aliphatic rings. The summed E-state index contributed by atoms with van der Waals surface area (Å²) in [6.45, 7) is 3.31. The number of aromatic nitrogens is 2. The molecule has 144 valence electrons. The van der Waals surface area contributed by atoms with Gasteiger partial charge in [-0.05, 0) is 43.3 Å². The van der Waals surface area contributed by atoms with E-state index in [1.165, 1.54) is 40.6 Å². The van der Waals surface area contributed by atoms with Crippen LogP contribution in [0.4, 0.5) is 5.13 Å². The Labute approximate surface area is 171 Å². The lowest BCUT2D eigenvalue weighted by Crippen LogP contribution is -2.22. The van der Waals surface area contributed by atoms with Gasteiger partial charge in [0.25, 0.3) is 0 Å². The third-order valence-corrected chi connectivity index (χ3v) is 6.19. The fourth-order valence-corrected chi connectivity index (χ4v) is 4.15. The molecule has 0 unspecified atom stereocenters. The topological polar surface area (TPSA) is 72.4 Å². The zero-order valence-corrected chi connectivity index (χ0v) is 17.6. The highest BCUT2D eigenvalue weighted by Crippen LogP contribution is 2.30. The van der Waals surface area contributed by atoms with E-state index in [-0.39, 0.29) is 11.7 Å². The number of allylic oxidation sites excluding steroid dienone is 1. The summed E-state index contributed by atoms with van der Waals surface area (Å²) in [5.41, 5.74) is 2.27. The first kappa shape index (κ1) is 19.9. The SMILES string of the molecule is COc1ccc(-c2nc(C)c(C(=O)/C=C/c3csc(N(C)C(C)=O)n3)s2)cc1. The number of amides is 1. The number of hydrogen-bond acceptors (Lipinski definition) is 7. The zero-order valence-electron chi connectivity index (χ0n) is 15.9. The largest absolute Gasteiger partial charge is 0.497 e. The molecule has 3 aromatic rings. The number of thiazole rings is 2. The molecule has 1 aromatic carbocycles. The first-order valence-electron chi connectivity index (χ1n) is 8.43. The maximum Gasteiger partial charge on any atom is 0.225 e. The number of carbonyl (C=O) groups excluding carboxylic acids is 2. The van der Waals surface area contributed by atoms with Gasteiger partial charge in [0.15, 0.2) is 10.9 Å². The van der Waals surface area contributed by atoms with Crippen molar-refractivity contribution in [1.82, 2.24) is 9.97 Å². The molecule has 8 heteroatoms. The Kier molecular flexibility index (Phi) is 6.01. The zero-order chi connectivity index (χ0) is 20.3. The molecule has 6 nitrogen and oxygen atoms in total. The number of methoxy groups -OCH3 is 1. The summed E-state index contributed by atoms with van der Waals surface area (Å²) in [6, 6.07) is 7.57. The van der Waals surface area contributed by atoms with Gasteiger partial charge in [0.05, 0.1) is 23.4 Å². The first-order chi connectivity index (χ1) is 13.4. The Morgan fingerprint density at radius 1 is 1.18 bits per heavy atom. The molecule has 1 amide bonds. The molecule has 0 radical (unpaired) electrons. The van der Waals surface area contributed by atoms with Gasteiger partial charge in [0.1, 0.15) is 10.8 Å². The van der Waals surface area contributed by atoms with Gasteiger partial charge in [0.2, 0.25) is 5.91 Å². The first-order valence-corrected chi connectivity index (χ1v) is 10.1. The Morgan fingerprint density at radius 2 is 1.89 bits per heavy atom. The lowest BCUT2D eigenvalue weighted by Gasteiger charge is -2.09. The van der Waals surface area contributed by atoms with Crippen molar-refractivity contribution < 1.29 is 14.3 Å². The van der Waals surface area contributed by atoms with E-state index in [9.17, 15) is 9.59 Å². The summed E-state index contributed by atoms with van der Waals surface area (Å²) < 4.78 is 5.17. The Balaban J connectivity index is 1.76. The minimum Gasteiger partial charge on any atom is -0.497 e. The van der Waals surface area contributed by atoms with Gasteiger partial charge < -0.3 is 4.74 Å². The van der Waals surface area contributed by atoms with Crippen molar-refractivity contribution in [3.05, 3.63) is 52.0 Å². The number of carbonyl (C=O) groups is 2. The quantitative estimate of drug-likeness (QED) is 0.441. The van der Waals surface area contributed by atoms with Crippen LogP contribution in [0.2, 0.25) is 0 Å². The summed E-state index contributed by atoms with van der Waals surface area (Å²) in [7, 11) is 3.29. The fraction of sp³-hybridized carbons (Fsp3) is 0.200. The van der Waals surface area contributed by atoms with E-state index >= 15 is 0 Å². The smallest absolute Gasteiger partial charge is 0.225 e. The number of benzene rings is 1. The second-order valence-electron chi connectivity index (χ2n) is 5.99. The molecule has 0 spiro atoms. The van der Waals surface area contributed by atoms with E-state index < -0.39 is 0 Å². The van der Waals surface area contributed by atoms with E-state index in [4.69, 9.17) is 4.74 Å². The van der Waals surface area contributed by atoms with Crippen LogP contribution >= 0.6 is 22.7 Å². The van der Waals surface area contributed by atoms with Gasteiger partial charge >= 0.3 is 0 Å². The predicted molar refractivity (Wildman–Crippen MR) is 113 cm³/mol. The van der Waals surface area contributed by atoms with Crippen LogP contribution in [0, 0.1) is 6.92 Å². The Hall–Kier alpha value is -2.84. The second kappa shape index (κ2) is 8.45. The van der Waals surface area contributed by atoms with Crippen LogP contribution in [0.5, 0.6) is 5.75 Å². The third kappa shape index (κ3) is 4.35. The van der Waals surface area contributed by atoms with Crippen molar-refractivity contribution in [2.45, 2.75) is 13.8 Å². The number of nitrogens with zero attached hydrogens (tertiary/aromatic N) is 3. The highest BCUT2D eigenvalue weighted by Gasteiger charge is 2.15. The predicted octanol–water partition coefficient (Wildman–Crippen LogP) is 4.46. The van der Waals surface area contributed by atoms with Gasteiger partial charge in [-0.3, -0.25) is 14.5 Å². The molecule has 2 aromatic heterocycles. The molecule has 0 saturated heterocycles. The minimum absolute atomic E-state index is 0.0905. The van der Waals surface area contributed by atoms with Crippen LogP contribution in [-0.2, 0) is 4.79 Å². The van der Waals surface area contributed by atoms with Crippen molar-refractivity contribution in [2.75, 3.05) is 19.1 Å². The van der Waals surface area contributed by atoms with Crippen molar-refractivity contribution in [3.8, 4) is 16.3 Å². The highest BCUT2D eigenvalue weighted by atomic mass is 32.1. The molecule has 0 bridgehead atoms. The molecule has 0 fully saturated rings. The summed E-state index contributed by atoms with van der Waals surface area (Å²) >= 11 is 2.71. The normalized spacial score (nSPS) is 11.0. The number of aryl methyl sites for hydroxylation is 1. The lowest BCUT2D eigenvalue weighted by molar-refractivity contribution is -0.116. The number of rotatable bonds is 6. The minimum atomic E-state index is -0.121. The van der Waals surface area contributed by atoms with Gasteiger partial charge in [-0.15, -0.1) is 22.7 Å². The van der Waals surface area contributed by atoms with Crippen LogP contribution in [-0.4, -0.2) is 35.8 Å². The molecule has 0 saturated carbocycles. The van der Waals surface area contributed by atoms with E-state index in [0.29, 0.717) is 21.4 Å². The van der Waals surface area contributed by atoms with Crippen LogP contribution in [0.15, 0.2) is 35.7 Å². The molecular weight excluding hydrogens is 394 g/mol. The van der Waals surface area contributed by atoms with Gasteiger partial charge in [-0.2, -0.15) is 0 Å². The monoisotopic (exact) mass is 413 g/mol. The molecular formula is C20H19N3O3S2. The van der Waals surface area contributed by atoms with E-state index in [1.807, 2.05) is 31.2 Å². The average Bonchev–Trinajstić information content (AvgIpc) is 3.32. The number of ether oxygens (including phenoxy) is 1. The number of hydrogen-bond donors (Lipinski definition) is 0. The van der Waals surface area contributed by atoms with E-state index in [1.54, 1.807) is 25.6 Å². The molecule has 0 aliphatic carbocycles. The summed E-state index contributed by atoms with van der Waals surface area (Å²) in [6.07, 6.45) is 3.15. The standard InChI is InChI=1S/C20H19N3O3S2/c1-12-18(28-19(21-12)14-5-8-16(26-4)9-6-14)17(25)10-7-15-11-27-20(22-15)23(3)13(2)24/h5-11H,1-4H3/b10-7+. The Morgan fingerprint density at radius 3 is 2.54 bits per heavy atom. The van der Waals surface area contributed by atoms with Crippen molar-refractivity contribution >= 4 is 45.6 Å². The van der Waals surface area contributed by atoms with Crippen LogP contribution in [0.3, 0.4) is 0 Å². The van der Waals surface area contributed by atoms with Gasteiger partial charge in [-0.1, -0.05) is 0 Å². The summed E-state index contributed by atoms with van der Waals surface area (Å²) in [5.74, 6) is 0.561. The maximum absolute atomic E-state index is 12.6. The highest BCUT2D eigenvalue weighted by molar-refractivity contribution is 7.17. The van der Waals surface area contributed by atoms with Crippen molar-refractivity contribution in [2.24, 2.45) is 0 Å². The number of anilines is 1. The van der Waals surface area contributed by atoms with Gasteiger partial charge in [0, 0.05) is 24.9 Å². The average molecular weight is 414 g/mol. The van der Waals surface area contributed by atoms with E-state index in [0.717, 1.165) is 16.3 Å². The maximum atomic E-state index is 12.6. The molecule has 2 heterocycles. The summed E-state index contributed by atoms with van der Waals surface area (Å²) in [5, 5.41) is 3.19. The molecule has 28 heavy (non-hydrogen) atoms. The van der Waals surface area contributed by atoms with E-state index in [2.05, 4.69) is 9.97 Å². The van der Waals surface area contributed by atoms with Crippen molar-refractivity contribution in [1.29, 1.82) is 0 Å². The van der Waals surface area contributed by atoms with Crippen molar-refractivity contribution in [3.63, 3.8) is 0 Å². The lowest BCUT2D eigenvalue weighted by atomic mass is 10.2. The van der Waals surface area contributed by atoms with Gasteiger partial charge in [-0.25, -0.2) is 9.97 Å². The fourth-order valence-electron chi connectivity index (χ4n) is 2.36. The van der Waals surface area contributed by atoms with Crippen LogP contribution in [0.1, 0.15) is 28.0 Å². The third-order valence-electron chi connectivity index (χ3n) is 4.03. The summed E-state index contributed by atoms with van der Waals surface area (Å²) in [4.78, 5) is 35.0. The number of ketones is 1. The molecule has 3 rings (SSSR count). The van der Waals surface area contributed by atoms with Crippen LogP contribution in [0.25, 0.3) is 16.6 Å².